The van der Waals surface area contributed by atoms with Crippen LogP contribution in [0.5, 0.6) is 0 Å². The quantitative estimate of drug-likeness (QED) is 0.780. The van der Waals surface area contributed by atoms with E-state index in [1.54, 1.807) is 4.52 Å². The standard InChI is InChI=1S/C10H15N5/c1-10(2,11)7-12-9-13-8-5-3-4-6-15(8)14-9/h3-6H,7,11H2,1-2H3,(H,12,14). The highest BCUT2D eigenvalue weighted by molar-refractivity contribution is 5.42. The molecule has 0 amide bonds. The van der Waals surface area contributed by atoms with E-state index in [1.165, 1.54) is 0 Å². The molecule has 0 fully saturated rings. The Bertz CT molecular complexity index is 421. The molecule has 15 heavy (non-hydrogen) atoms. The maximum absolute atomic E-state index is 5.85. The van der Waals surface area contributed by atoms with Gasteiger partial charge in [-0.3, -0.25) is 0 Å². The number of nitrogens with zero attached hydrogens (tertiary/aromatic N) is 3. The normalized spacial score (nSPS) is 11.9. The Morgan fingerprint density at radius 1 is 1.47 bits per heavy atom. The number of pyridine rings is 1. The smallest absolute Gasteiger partial charge is 0.243 e. The van der Waals surface area contributed by atoms with Crippen molar-refractivity contribution in [3.8, 4) is 0 Å². The van der Waals surface area contributed by atoms with Gasteiger partial charge in [0.25, 0.3) is 0 Å². The van der Waals surface area contributed by atoms with Crippen LogP contribution in [0.2, 0.25) is 0 Å². The summed E-state index contributed by atoms with van der Waals surface area (Å²) in [5, 5.41) is 7.36. The van der Waals surface area contributed by atoms with E-state index in [0.717, 1.165) is 5.65 Å². The second kappa shape index (κ2) is 3.51. The molecule has 0 bridgehead atoms. The predicted octanol–water partition coefficient (Wildman–Crippen LogP) is 0.879. The Kier molecular flexibility index (Phi) is 2.32. The van der Waals surface area contributed by atoms with E-state index < -0.39 is 0 Å². The van der Waals surface area contributed by atoms with Gasteiger partial charge in [-0.2, -0.15) is 4.98 Å². The van der Waals surface area contributed by atoms with Gasteiger partial charge >= 0.3 is 0 Å². The monoisotopic (exact) mass is 205 g/mol. The Labute approximate surface area is 88.3 Å². The van der Waals surface area contributed by atoms with Crippen LogP contribution in [0.25, 0.3) is 5.65 Å². The zero-order valence-corrected chi connectivity index (χ0v) is 8.94. The van der Waals surface area contributed by atoms with Gasteiger partial charge in [-0.1, -0.05) is 6.07 Å². The van der Waals surface area contributed by atoms with Crippen LogP contribution in [0, 0.1) is 0 Å². The lowest BCUT2D eigenvalue weighted by atomic mass is 10.1. The molecule has 80 valence electrons. The fourth-order valence-corrected chi connectivity index (χ4v) is 1.21. The summed E-state index contributed by atoms with van der Waals surface area (Å²) >= 11 is 0. The number of hydrogen-bond donors (Lipinski definition) is 2. The highest BCUT2D eigenvalue weighted by Gasteiger charge is 2.11. The zero-order chi connectivity index (χ0) is 10.9. The Balaban J connectivity index is 2.16. The molecule has 0 aromatic carbocycles. The molecule has 2 aromatic rings. The van der Waals surface area contributed by atoms with Gasteiger partial charge in [-0.05, 0) is 26.0 Å². The number of nitrogens with one attached hydrogen (secondary N) is 1. The van der Waals surface area contributed by atoms with Gasteiger partial charge in [0.05, 0.1) is 0 Å². The third-order valence-electron chi connectivity index (χ3n) is 1.94. The molecule has 3 N–H and O–H groups in total. The Hall–Kier alpha value is -1.62. The van der Waals surface area contributed by atoms with Gasteiger partial charge in [0.15, 0.2) is 5.65 Å². The minimum atomic E-state index is -0.266. The molecule has 0 radical (unpaired) electrons. The van der Waals surface area contributed by atoms with Crippen LogP contribution >= 0.6 is 0 Å². The summed E-state index contributed by atoms with van der Waals surface area (Å²) in [4.78, 5) is 4.30. The minimum Gasteiger partial charge on any atom is -0.351 e. The maximum atomic E-state index is 5.85. The fraction of sp³-hybridized carbons (Fsp3) is 0.400. The number of anilines is 1. The van der Waals surface area contributed by atoms with Crippen LogP contribution in [-0.2, 0) is 0 Å². The van der Waals surface area contributed by atoms with Crippen molar-refractivity contribution >= 4 is 11.6 Å². The minimum absolute atomic E-state index is 0.266. The van der Waals surface area contributed by atoms with E-state index in [1.807, 2.05) is 38.2 Å². The van der Waals surface area contributed by atoms with Gasteiger partial charge in [0.1, 0.15) is 0 Å². The second-order valence-electron chi connectivity index (χ2n) is 4.28. The average Bonchev–Trinajstić information content (AvgIpc) is 2.56. The van der Waals surface area contributed by atoms with Crippen molar-refractivity contribution in [3.05, 3.63) is 24.4 Å². The van der Waals surface area contributed by atoms with Crippen molar-refractivity contribution in [2.45, 2.75) is 19.4 Å². The molecule has 0 spiro atoms. The topological polar surface area (TPSA) is 68.2 Å². The van der Waals surface area contributed by atoms with E-state index in [-0.39, 0.29) is 5.54 Å². The van der Waals surface area contributed by atoms with Gasteiger partial charge < -0.3 is 11.1 Å². The second-order valence-corrected chi connectivity index (χ2v) is 4.28. The molecule has 5 heteroatoms. The lowest BCUT2D eigenvalue weighted by molar-refractivity contribution is 0.547. The van der Waals surface area contributed by atoms with Crippen molar-refractivity contribution < 1.29 is 0 Å². The maximum Gasteiger partial charge on any atom is 0.243 e. The van der Waals surface area contributed by atoms with Gasteiger partial charge in [-0.25, -0.2) is 4.52 Å². The summed E-state index contributed by atoms with van der Waals surface area (Å²) in [6.07, 6.45) is 1.86. The zero-order valence-electron chi connectivity index (χ0n) is 8.94. The molecule has 0 unspecified atom stereocenters. The Morgan fingerprint density at radius 2 is 2.27 bits per heavy atom. The van der Waals surface area contributed by atoms with E-state index in [2.05, 4.69) is 15.4 Å². The number of rotatable bonds is 3. The number of hydrogen-bond acceptors (Lipinski definition) is 4. The van der Waals surface area contributed by atoms with Crippen molar-refractivity contribution in [2.75, 3.05) is 11.9 Å². The summed E-state index contributed by atoms with van der Waals surface area (Å²) in [5.74, 6) is 0.611. The third kappa shape index (κ3) is 2.44. The number of aromatic nitrogens is 3. The molecule has 0 saturated carbocycles. The molecule has 5 nitrogen and oxygen atoms in total. The van der Waals surface area contributed by atoms with E-state index >= 15 is 0 Å². The van der Waals surface area contributed by atoms with E-state index in [0.29, 0.717) is 12.5 Å². The van der Waals surface area contributed by atoms with Crippen LogP contribution < -0.4 is 11.1 Å². The first-order chi connectivity index (χ1) is 7.04. The highest BCUT2D eigenvalue weighted by Crippen LogP contribution is 2.05. The van der Waals surface area contributed by atoms with Crippen LogP contribution in [-0.4, -0.2) is 26.7 Å². The number of nitrogens with two attached hydrogens (primary N) is 1. The first kappa shape index (κ1) is 9.92. The molecule has 0 saturated heterocycles. The van der Waals surface area contributed by atoms with Crippen LogP contribution in [0.3, 0.4) is 0 Å². The van der Waals surface area contributed by atoms with Crippen LogP contribution in [0.4, 0.5) is 5.95 Å². The van der Waals surface area contributed by atoms with Crippen LogP contribution in [0.1, 0.15) is 13.8 Å². The van der Waals surface area contributed by atoms with Gasteiger partial charge in [-0.15, -0.1) is 5.10 Å². The first-order valence-electron chi connectivity index (χ1n) is 4.89. The Morgan fingerprint density at radius 3 is 2.93 bits per heavy atom. The summed E-state index contributed by atoms with van der Waals surface area (Å²) in [6, 6.07) is 5.75. The molecule has 0 atom stereocenters. The van der Waals surface area contributed by atoms with Crippen LogP contribution in [0.15, 0.2) is 24.4 Å². The van der Waals surface area contributed by atoms with E-state index in [4.69, 9.17) is 5.73 Å². The molecular weight excluding hydrogens is 190 g/mol. The van der Waals surface area contributed by atoms with Crippen molar-refractivity contribution in [2.24, 2.45) is 5.73 Å². The predicted molar refractivity (Wildman–Crippen MR) is 59.7 cm³/mol. The summed E-state index contributed by atoms with van der Waals surface area (Å²) < 4.78 is 1.73. The van der Waals surface area contributed by atoms with Crippen molar-refractivity contribution in [1.29, 1.82) is 0 Å². The fourth-order valence-electron chi connectivity index (χ4n) is 1.21. The lowest BCUT2D eigenvalue weighted by Gasteiger charge is -2.17. The molecule has 2 rings (SSSR count). The van der Waals surface area contributed by atoms with E-state index in [9.17, 15) is 0 Å². The number of fused-ring (bicyclic) bond motifs is 1. The average molecular weight is 205 g/mol. The molecule has 2 aromatic heterocycles. The molecule has 0 aliphatic carbocycles. The first-order valence-corrected chi connectivity index (χ1v) is 4.89. The summed E-state index contributed by atoms with van der Waals surface area (Å²) in [6.45, 7) is 4.55. The summed E-state index contributed by atoms with van der Waals surface area (Å²) in [5.41, 5.74) is 6.41. The van der Waals surface area contributed by atoms with Crippen molar-refractivity contribution in [3.63, 3.8) is 0 Å². The highest BCUT2D eigenvalue weighted by atomic mass is 15.3. The van der Waals surface area contributed by atoms with Crippen molar-refractivity contribution in [1.82, 2.24) is 14.6 Å². The largest absolute Gasteiger partial charge is 0.351 e. The van der Waals surface area contributed by atoms with Gasteiger partial charge in [0.2, 0.25) is 5.95 Å². The van der Waals surface area contributed by atoms with Gasteiger partial charge in [0, 0.05) is 18.3 Å². The lowest BCUT2D eigenvalue weighted by Crippen LogP contribution is -2.39. The third-order valence-corrected chi connectivity index (χ3v) is 1.94. The molecule has 2 heterocycles. The molecular formula is C10H15N5. The SMILES string of the molecule is CC(C)(N)CNc1nc2ccccn2n1. The molecule has 0 aliphatic rings. The molecule has 0 aliphatic heterocycles. The summed E-state index contributed by atoms with van der Waals surface area (Å²) in [7, 11) is 0.